The minimum Gasteiger partial charge on any atom is -0.270 e. The minimum atomic E-state index is -3.84. The van der Waals surface area contributed by atoms with Crippen LogP contribution in [0.15, 0.2) is 88.2 Å². The zero-order chi connectivity index (χ0) is 21.8. The topological polar surface area (TPSA) is 117 Å². The Labute approximate surface area is 187 Å². The van der Waals surface area contributed by atoms with Crippen molar-refractivity contribution in [3.8, 4) is 0 Å². The minimum absolute atomic E-state index is 0.0154. The van der Waals surface area contributed by atoms with Gasteiger partial charge >= 0.3 is 0 Å². The van der Waals surface area contributed by atoms with Crippen LogP contribution in [0.5, 0.6) is 0 Å². The zero-order valence-electron chi connectivity index (χ0n) is 15.7. The molecule has 1 fully saturated rings. The number of thioether (sulfide) groups is 1. The van der Waals surface area contributed by atoms with E-state index in [1.165, 1.54) is 41.6 Å². The molecule has 9 nitrogen and oxygen atoms in total. The molecule has 0 radical (unpaired) electrons. The molecule has 2 aromatic carbocycles. The molecule has 0 saturated carbocycles. The van der Waals surface area contributed by atoms with Crippen LogP contribution < -0.4 is 9.62 Å². The lowest BCUT2D eigenvalue weighted by Gasteiger charge is -2.14. The molecule has 1 aliphatic heterocycles. The summed E-state index contributed by atoms with van der Waals surface area (Å²) in [6.45, 7) is 0. The van der Waals surface area contributed by atoms with Crippen molar-refractivity contribution in [1.29, 1.82) is 0 Å². The summed E-state index contributed by atoms with van der Waals surface area (Å²) >= 11 is 6.43. The largest absolute Gasteiger partial charge is 0.270 e. The summed E-state index contributed by atoms with van der Waals surface area (Å²) < 4.78 is 27.5. The Morgan fingerprint density at radius 2 is 1.68 bits per heavy atom. The number of aromatic nitrogens is 2. The van der Waals surface area contributed by atoms with Crippen LogP contribution in [0.1, 0.15) is 0 Å². The van der Waals surface area contributed by atoms with Crippen molar-refractivity contribution in [2.75, 3.05) is 9.62 Å². The van der Waals surface area contributed by atoms with E-state index in [1.807, 2.05) is 18.2 Å². The molecule has 156 valence electrons. The van der Waals surface area contributed by atoms with Gasteiger partial charge in [0, 0.05) is 12.4 Å². The third-order valence-corrected chi connectivity index (χ3v) is 6.78. The van der Waals surface area contributed by atoms with Gasteiger partial charge in [-0.25, -0.2) is 23.1 Å². The van der Waals surface area contributed by atoms with E-state index in [2.05, 4.69) is 24.9 Å². The molecule has 31 heavy (non-hydrogen) atoms. The molecule has 3 aromatic rings. The van der Waals surface area contributed by atoms with Gasteiger partial charge in [-0.05, 0) is 42.5 Å². The molecule has 1 amide bonds. The van der Waals surface area contributed by atoms with Gasteiger partial charge in [-0.1, -0.05) is 42.2 Å². The number of nitrogens with zero attached hydrogens (tertiary/aromatic N) is 5. The molecule has 0 spiro atoms. The van der Waals surface area contributed by atoms with Gasteiger partial charge in [0.25, 0.3) is 15.9 Å². The smallest absolute Gasteiger partial charge is 0.270 e. The summed E-state index contributed by atoms with van der Waals surface area (Å²) in [5.41, 5.74) is 1.07. The van der Waals surface area contributed by atoms with Crippen molar-refractivity contribution in [1.82, 2.24) is 9.97 Å². The van der Waals surface area contributed by atoms with Crippen molar-refractivity contribution in [3.05, 3.63) is 73.1 Å². The highest BCUT2D eigenvalue weighted by Crippen LogP contribution is 2.33. The lowest BCUT2D eigenvalue weighted by molar-refractivity contribution is -0.116. The first-order chi connectivity index (χ1) is 14.9. The number of carbonyl (C=O) groups excluding carboxylic acids is 1. The normalized spacial score (nSPS) is 16.8. The highest BCUT2D eigenvalue weighted by molar-refractivity contribution is 8.25. The van der Waals surface area contributed by atoms with Gasteiger partial charge in [-0.15, -0.1) is 0 Å². The number of anilines is 2. The van der Waals surface area contributed by atoms with Gasteiger partial charge in [0.15, 0.2) is 0 Å². The van der Waals surface area contributed by atoms with Gasteiger partial charge in [0.1, 0.15) is 4.32 Å². The SMILES string of the molecule is O=C1C(N=Nc2ccc(S(=O)(=O)Nc3ncccn3)cc2)SC(=S)N1c1ccccc1. The molecule has 1 atom stereocenters. The third kappa shape index (κ3) is 4.76. The van der Waals surface area contributed by atoms with Gasteiger partial charge in [-0.3, -0.25) is 9.69 Å². The number of carbonyl (C=O) groups is 1. The number of sulfonamides is 1. The van der Waals surface area contributed by atoms with E-state index in [0.717, 1.165) is 11.8 Å². The predicted molar refractivity (Wildman–Crippen MR) is 122 cm³/mol. The number of nitrogens with one attached hydrogen (secondary N) is 1. The summed E-state index contributed by atoms with van der Waals surface area (Å²) in [6, 6.07) is 16.4. The van der Waals surface area contributed by atoms with E-state index in [4.69, 9.17) is 12.2 Å². The lowest BCUT2D eigenvalue weighted by Crippen LogP contribution is -2.30. The summed E-state index contributed by atoms with van der Waals surface area (Å²) in [4.78, 5) is 21.8. The Morgan fingerprint density at radius 1 is 1.00 bits per heavy atom. The van der Waals surface area contributed by atoms with E-state index < -0.39 is 15.4 Å². The Bertz CT molecular complexity index is 1240. The van der Waals surface area contributed by atoms with Crippen LogP contribution >= 0.6 is 24.0 Å². The second-order valence-electron chi connectivity index (χ2n) is 6.13. The number of para-hydroxylation sites is 1. The van der Waals surface area contributed by atoms with E-state index in [0.29, 0.717) is 15.7 Å². The molecule has 0 bridgehead atoms. The molecular formula is C19H14N6O3S3. The zero-order valence-corrected chi connectivity index (χ0v) is 18.1. The number of hydrogen-bond donors (Lipinski definition) is 1. The molecule has 1 N–H and O–H groups in total. The van der Waals surface area contributed by atoms with E-state index in [9.17, 15) is 13.2 Å². The first kappa shape index (κ1) is 21.0. The monoisotopic (exact) mass is 470 g/mol. The van der Waals surface area contributed by atoms with E-state index >= 15 is 0 Å². The Kier molecular flexibility index (Phi) is 6.02. The van der Waals surface area contributed by atoms with Crippen LogP contribution in [-0.4, -0.2) is 34.0 Å². The Balaban J connectivity index is 1.46. The highest BCUT2D eigenvalue weighted by Gasteiger charge is 2.38. The van der Waals surface area contributed by atoms with Gasteiger partial charge in [-0.2, -0.15) is 10.2 Å². The third-order valence-electron chi connectivity index (χ3n) is 4.06. The molecule has 1 saturated heterocycles. The number of amides is 1. The molecular weight excluding hydrogens is 456 g/mol. The Hall–Kier alpha value is -3.22. The molecule has 1 aromatic heterocycles. The summed E-state index contributed by atoms with van der Waals surface area (Å²) in [7, 11) is -3.84. The number of thiocarbonyl (C=S) groups is 1. The molecule has 4 rings (SSSR count). The maximum absolute atomic E-state index is 12.7. The summed E-state index contributed by atoms with van der Waals surface area (Å²) in [6.07, 6.45) is 2.86. The van der Waals surface area contributed by atoms with Crippen molar-refractivity contribution in [3.63, 3.8) is 0 Å². The fraction of sp³-hybridized carbons (Fsp3) is 0.0526. The number of benzene rings is 2. The molecule has 2 heterocycles. The number of hydrogen-bond acceptors (Lipinski definition) is 9. The predicted octanol–water partition coefficient (Wildman–Crippen LogP) is 3.75. The first-order valence-electron chi connectivity index (χ1n) is 8.84. The van der Waals surface area contributed by atoms with E-state index in [1.54, 1.807) is 18.2 Å². The lowest BCUT2D eigenvalue weighted by atomic mass is 10.3. The second kappa shape index (κ2) is 8.88. The molecule has 12 heteroatoms. The fourth-order valence-corrected chi connectivity index (χ4v) is 4.84. The fourth-order valence-electron chi connectivity index (χ4n) is 2.62. The first-order valence-corrected chi connectivity index (χ1v) is 11.6. The standard InChI is InChI=1S/C19H14N6O3S3/c26-17-16(30-19(29)25(17)14-5-2-1-3-6-14)23-22-13-7-9-15(10-8-13)31(27,28)24-18-20-11-4-12-21-18/h1-12,16H,(H,20,21,24). The van der Waals surface area contributed by atoms with Crippen LogP contribution in [0, 0.1) is 0 Å². The van der Waals surface area contributed by atoms with Crippen LogP contribution in [-0.2, 0) is 14.8 Å². The second-order valence-corrected chi connectivity index (χ2v) is 9.53. The molecule has 1 aliphatic rings. The van der Waals surface area contributed by atoms with Gasteiger partial charge < -0.3 is 0 Å². The van der Waals surface area contributed by atoms with Gasteiger partial charge in [0.2, 0.25) is 11.3 Å². The number of rotatable bonds is 6. The van der Waals surface area contributed by atoms with Crippen molar-refractivity contribution in [2.24, 2.45) is 10.2 Å². The van der Waals surface area contributed by atoms with Crippen LogP contribution in [0.25, 0.3) is 0 Å². The number of azo groups is 1. The Morgan fingerprint density at radius 3 is 2.35 bits per heavy atom. The van der Waals surface area contributed by atoms with Crippen LogP contribution in [0.4, 0.5) is 17.3 Å². The quantitative estimate of drug-likeness (QED) is 0.431. The van der Waals surface area contributed by atoms with Crippen molar-refractivity contribution >= 4 is 61.6 Å². The average molecular weight is 471 g/mol. The van der Waals surface area contributed by atoms with Crippen LogP contribution in [0.3, 0.4) is 0 Å². The maximum Gasteiger partial charge on any atom is 0.270 e. The van der Waals surface area contributed by atoms with Gasteiger partial charge in [0.05, 0.1) is 16.3 Å². The van der Waals surface area contributed by atoms with Crippen LogP contribution in [0.2, 0.25) is 0 Å². The van der Waals surface area contributed by atoms with Crippen molar-refractivity contribution in [2.45, 2.75) is 10.3 Å². The molecule has 0 aliphatic carbocycles. The van der Waals surface area contributed by atoms with Crippen molar-refractivity contribution < 1.29 is 13.2 Å². The molecule has 1 unspecified atom stereocenters. The average Bonchev–Trinajstić information content (AvgIpc) is 3.06. The highest BCUT2D eigenvalue weighted by atomic mass is 32.2. The summed E-state index contributed by atoms with van der Waals surface area (Å²) in [5, 5.41) is 7.35. The van der Waals surface area contributed by atoms with E-state index in [-0.39, 0.29) is 16.8 Å². The summed E-state index contributed by atoms with van der Waals surface area (Å²) in [5.74, 6) is -0.307. The maximum atomic E-state index is 12.7.